The molecule has 2 aliphatic rings. The van der Waals surface area contributed by atoms with Crippen molar-refractivity contribution >= 4 is 5.97 Å². The number of aliphatic hydroxyl groups excluding tert-OH is 1. The van der Waals surface area contributed by atoms with E-state index in [1.165, 1.54) is 7.11 Å². The van der Waals surface area contributed by atoms with Gasteiger partial charge in [-0.2, -0.15) is 0 Å². The summed E-state index contributed by atoms with van der Waals surface area (Å²) >= 11 is 0. The lowest BCUT2D eigenvalue weighted by molar-refractivity contribution is -0.877. The molecule has 0 aromatic rings. The maximum absolute atomic E-state index is 12.5. The average Bonchev–Trinajstić information content (AvgIpc) is 2.99. The van der Waals surface area contributed by atoms with Crippen molar-refractivity contribution in [2.75, 3.05) is 26.8 Å². The monoisotopic (exact) mass is 329 g/mol. The summed E-state index contributed by atoms with van der Waals surface area (Å²) in [5.74, 6) is -1.17. The van der Waals surface area contributed by atoms with E-state index in [0.717, 1.165) is 0 Å². The van der Waals surface area contributed by atoms with Gasteiger partial charge in [-0.1, -0.05) is 13.8 Å². The lowest BCUT2D eigenvalue weighted by Gasteiger charge is -2.40. The number of hydrogen-bond donors (Lipinski definition) is 2. The maximum atomic E-state index is 12.5. The first-order valence-corrected chi connectivity index (χ1v) is 8.04. The number of aliphatic hydroxyl groups is 2. The van der Waals surface area contributed by atoms with Crippen molar-refractivity contribution in [3.05, 3.63) is 16.9 Å². The molecule has 7 heteroatoms. The molecule has 23 heavy (non-hydrogen) atoms. The van der Waals surface area contributed by atoms with Gasteiger partial charge in [0.25, 0.3) is 0 Å². The van der Waals surface area contributed by atoms with Crippen LogP contribution in [0, 0.1) is 11.1 Å². The Hall–Kier alpha value is -0.990. The number of nitrogens with zero attached hydrogens (tertiary/aromatic N) is 1. The number of fused-ring (bicyclic) bond motifs is 1. The molecule has 0 spiro atoms. The second-order valence-electron chi connectivity index (χ2n) is 6.87. The Bertz CT molecular complexity index is 493. The van der Waals surface area contributed by atoms with Crippen LogP contribution in [0.2, 0.25) is 0 Å². The van der Waals surface area contributed by atoms with Crippen LogP contribution in [0.5, 0.6) is 0 Å². The summed E-state index contributed by atoms with van der Waals surface area (Å²) in [5, 5.41) is 33.2. The van der Waals surface area contributed by atoms with E-state index in [1.807, 2.05) is 0 Å². The molecule has 2 heterocycles. The summed E-state index contributed by atoms with van der Waals surface area (Å²) in [6.45, 7) is 5.61. The van der Waals surface area contributed by atoms with Gasteiger partial charge in [0.1, 0.15) is 18.8 Å². The fraction of sp³-hybridized carbons (Fsp3) is 0.812. The Balaban J connectivity index is 2.04. The fourth-order valence-corrected chi connectivity index (χ4v) is 3.57. The zero-order valence-corrected chi connectivity index (χ0v) is 14.2. The highest BCUT2D eigenvalue weighted by atomic mass is 16.6. The average molecular weight is 329 g/mol. The number of ether oxygens (including phenoxy) is 2. The standard InChI is InChI=1S/C16H27NO6/c1-10(2)16(20,11(3)22-4)15(19)23-9-12-5-7-17(21)8-6-13(18)14(12)17/h5,10-11,13-14,18,20H,6-9H2,1-4H3/t11-,13+,14-,16+,17?/m1/s1. The number of esters is 1. The zero-order valence-electron chi connectivity index (χ0n) is 14.2. The van der Waals surface area contributed by atoms with E-state index in [1.54, 1.807) is 26.8 Å². The minimum atomic E-state index is -1.76. The van der Waals surface area contributed by atoms with E-state index >= 15 is 0 Å². The number of carbonyl (C=O) groups is 1. The molecule has 2 aliphatic heterocycles. The van der Waals surface area contributed by atoms with Gasteiger partial charge in [-0.25, -0.2) is 4.79 Å². The van der Waals surface area contributed by atoms with Gasteiger partial charge in [0, 0.05) is 19.1 Å². The number of hydrogen-bond acceptors (Lipinski definition) is 6. The summed E-state index contributed by atoms with van der Waals surface area (Å²) < 4.78 is 9.92. The summed E-state index contributed by atoms with van der Waals surface area (Å²) in [7, 11) is 1.42. The van der Waals surface area contributed by atoms with Gasteiger partial charge in [0.15, 0.2) is 5.60 Å². The first kappa shape index (κ1) is 18.4. The summed E-state index contributed by atoms with van der Waals surface area (Å²) in [4.78, 5) is 12.4. The Kier molecular flexibility index (Phi) is 5.18. The highest BCUT2D eigenvalue weighted by molar-refractivity contribution is 5.80. The Labute approximate surface area is 136 Å². The summed E-state index contributed by atoms with van der Waals surface area (Å²) in [6, 6.07) is -0.560. The minimum absolute atomic E-state index is 0.0890. The highest BCUT2D eigenvalue weighted by Crippen LogP contribution is 2.36. The molecule has 7 nitrogen and oxygen atoms in total. The number of hydroxylamine groups is 3. The van der Waals surface area contributed by atoms with Gasteiger partial charge in [0.05, 0.1) is 19.2 Å². The van der Waals surface area contributed by atoms with Gasteiger partial charge in [0.2, 0.25) is 0 Å². The zero-order chi connectivity index (χ0) is 17.4. The van der Waals surface area contributed by atoms with Crippen LogP contribution in [0.3, 0.4) is 0 Å². The van der Waals surface area contributed by atoms with Gasteiger partial charge in [-0.15, -0.1) is 0 Å². The van der Waals surface area contributed by atoms with Crippen LogP contribution >= 0.6 is 0 Å². The van der Waals surface area contributed by atoms with Gasteiger partial charge in [-0.3, -0.25) is 0 Å². The molecule has 2 rings (SSSR count). The third-order valence-electron chi connectivity index (χ3n) is 5.27. The second-order valence-corrected chi connectivity index (χ2v) is 6.87. The number of carbonyl (C=O) groups excluding carboxylic acids is 1. The molecule has 0 amide bonds. The van der Waals surface area contributed by atoms with Gasteiger partial charge in [-0.05, 0) is 18.9 Å². The molecule has 0 bridgehead atoms. The first-order valence-electron chi connectivity index (χ1n) is 8.04. The molecule has 1 unspecified atom stereocenters. The van der Waals surface area contributed by atoms with Crippen LogP contribution in [0.25, 0.3) is 0 Å². The number of methoxy groups -OCH3 is 1. The number of quaternary nitrogens is 1. The predicted molar refractivity (Wildman–Crippen MR) is 83.1 cm³/mol. The summed E-state index contributed by atoms with van der Waals surface area (Å²) in [5.41, 5.74) is -1.12. The fourth-order valence-electron chi connectivity index (χ4n) is 3.57. The van der Waals surface area contributed by atoms with E-state index in [9.17, 15) is 20.2 Å². The SMILES string of the molecule is CO[C@H](C)[C@](O)(C(=O)OCC1=CC[N+]2([O-])CC[C@H](O)[C@@H]12)C(C)C. The van der Waals surface area contributed by atoms with Crippen molar-refractivity contribution in [3.8, 4) is 0 Å². The maximum Gasteiger partial charge on any atom is 0.341 e. The van der Waals surface area contributed by atoms with Crippen molar-refractivity contribution in [2.45, 2.75) is 51.0 Å². The van der Waals surface area contributed by atoms with E-state index in [4.69, 9.17) is 9.47 Å². The molecule has 0 aromatic heterocycles. The van der Waals surface area contributed by atoms with Gasteiger partial charge >= 0.3 is 5.97 Å². The molecule has 0 aromatic carbocycles. The van der Waals surface area contributed by atoms with Crippen LogP contribution in [0.15, 0.2) is 11.6 Å². The Morgan fingerprint density at radius 1 is 1.52 bits per heavy atom. The van der Waals surface area contributed by atoms with Crippen LogP contribution in [0.4, 0.5) is 0 Å². The topological polar surface area (TPSA) is 99.1 Å². The molecular formula is C16H27NO6. The molecule has 0 aliphatic carbocycles. The van der Waals surface area contributed by atoms with Crippen LogP contribution in [-0.2, 0) is 14.3 Å². The molecule has 0 saturated carbocycles. The third kappa shape index (κ3) is 3.04. The van der Waals surface area contributed by atoms with E-state index in [0.29, 0.717) is 18.5 Å². The second kappa shape index (κ2) is 6.49. The largest absolute Gasteiger partial charge is 0.632 e. The molecule has 132 valence electrons. The van der Waals surface area contributed by atoms with Crippen molar-refractivity contribution in [3.63, 3.8) is 0 Å². The highest BCUT2D eigenvalue weighted by Gasteiger charge is 2.49. The molecule has 2 N–H and O–H groups in total. The van der Waals surface area contributed by atoms with Crippen LogP contribution < -0.4 is 0 Å². The quantitative estimate of drug-likeness (QED) is 0.315. The molecule has 5 atom stereocenters. The third-order valence-corrected chi connectivity index (χ3v) is 5.27. The lowest BCUT2D eigenvalue weighted by atomic mass is 9.85. The Morgan fingerprint density at radius 2 is 2.17 bits per heavy atom. The Morgan fingerprint density at radius 3 is 2.74 bits per heavy atom. The van der Waals surface area contributed by atoms with Gasteiger partial charge < -0.3 is 29.5 Å². The van der Waals surface area contributed by atoms with Crippen LogP contribution in [-0.4, -0.2) is 71.5 Å². The normalized spacial score (nSPS) is 34.0. The van der Waals surface area contributed by atoms with E-state index in [-0.39, 0.29) is 13.2 Å². The smallest absolute Gasteiger partial charge is 0.341 e. The predicted octanol–water partition coefficient (Wildman–Crippen LogP) is 0.339. The van der Waals surface area contributed by atoms with E-state index in [2.05, 4.69) is 0 Å². The molecule has 1 fully saturated rings. The van der Waals surface area contributed by atoms with Crippen molar-refractivity contribution in [1.29, 1.82) is 0 Å². The molecule has 0 radical (unpaired) electrons. The van der Waals surface area contributed by atoms with Crippen molar-refractivity contribution in [2.24, 2.45) is 5.92 Å². The van der Waals surface area contributed by atoms with Crippen molar-refractivity contribution in [1.82, 2.24) is 0 Å². The number of rotatable bonds is 6. The summed E-state index contributed by atoms with van der Waals surface area (Å²) in [6.07, 6.45) is 0.762. The lowest BCUT2D eigenvalue weighted by Crippen LogP contribution is -2.54. The van der Waals surface area contributed by atoms with Crippen molar-refractivity contribution < 1.29 is 29.1 Å². The molecule has 1 saturated heterocycles. The first-order chi connectivity index (χ1) is 10.7. The minimum Gasteiger partial charge on any atom is -0.632 e. The van der Waals surface area contributed by atoms with E-state index < -0.39 is 40.4 Å². The van der Waals surface area contributed by atoms with Crippen LogP contribution in [0.1, 0.15) is 27.2 Å². The molecular weight excluding hydrogens is 302 g/mol.